The summed E-state index contributed by atoms with van der Waals surface area (Å²) in [4.78, 5) is 30.0. The molecule has 0 heterocycles. The molecule has 0 bridgehead atoms. The minimum atomic E-state index is -0.935. The number of carbonyl (C=O) groups is 3. The maximum Gasteiger partial charge on any atom is 2.00 e. The fourth-order valence-electron chi connectivity index (χ4n) is 5.28. The minimum Gasteiger partial charge on any atom is -0.550 e. The molecule has 0 radical (unpaired) electrons. The van der Waals surface area contributed by atoms with Crippen molar-refractivity contribution in [2.24, 2.45) is 0 Å². The summed E-state index contributed by atoms with van der Waals surface area (Å²) in [6, 6.07) is 0. The first kappa shape index (κ1) is 52.6. The van der Waals surface area contributed by atoms with E-state index < -0.39 is 17.9 Å². The van der Waals surface area contributed by atoms with Gasteiger partial charge in [0, 0.05) is 17.5 Å². The summed E-state index contributed by atoms with van der Waals surface area (Å²) in [5.41, 5.74) is 0.176. The van der Waals surface area contributed by atoms with Crippen molar-refractivity contribution in [1.29, 1.82) is 0 Å². The Hall–Kier alpha value is -1.23. The fraction of sp³-hybridized carbons (Fsp3) is 0.875. The second-order valence-electron chi connectivity index (χ2n) is 13.2. The number of hydrogen-bond acceptors (Lipinski definition) is 5. The van der Waals surface area contributed by atoms with Crippen molar-refractivity contribution in [2.45, 2.75) is 226 Å². The predicted molar refractivity (Wildman–Crippen MR) is 192 cm³/mol. The number of unbranched alkanes of at least 4 members (excludes halogenated alkanes) is 28. The summed E-state index contributed by atoms with van der Waals surface area (Å²) < 4.78 is 0. The van der Waals surface area contributed by atoms with Crippen LogP contribution in [-0.4, -0.2) is 23.0 Å². The predicted octanol–water partition coefficient (Wildman–Crippen LogP) is 10.6. The van der Waals surface area contributed by atoms with Crippen molar-refractivity contribution >= 4 is 17.9 Å². The molecule has 47 heavy (non-hydrogen) atoms. The Morgan fingerprint density at radius 2 is 0.574 bits per heavy atom. The van der Waals surface area contributed by atoms with Crippen LogP contribution in [0.2, 0.25) is 0 Å². The molecule has 0 amide bonds. The van der Waals surface area contributed by atoms with Gasteiger partial charge in [0.2, 0.25) is 0 Å². The monoisotopic (exact) mass is 716 g/mol. The summed E-state index contributed by atoms with van der Waals surface area (Å²) in [5, 5.41) is 28.3. The van der Waals surface area contributed by atoms with Gasteiger partial charge < -0.3 is 24.9 Å². The number of carbonyl (C=O) groups excluding carboxylic acids is 2. The standard InChI is InChI=1S/2C18H36O2.C4H6O2.Zn/c2*1-2-3-4-5-6-7-8-9-10-11-12-13-14-15-16-17-18(19)20;1-3(2)4(5)6;/h2*2-17H2,1H3,(H,19,20);1H2,2H3,(H,5,6);/q;;;+2/p-2. The van der Waals surface area contributed by atoms with Gasteiger partial charge in [0.05, 0.1) is 0 Å². The Bertz CT molecular complexity index is 611. The third kappa shape index (κ3) is 60.6. The number of carboxylic acids is 3. The Morgan fingerprint density at radius 1 is 0.426 bits per heavy atom. The van der Waals surface area contributed by atoms with Crippen LogP contribution < -0.4 is 10.2 Å². The summed E-state index contributed by atoms with van der Waals surface area (Å²) in [5.74, 6) is -2.74. The summed E-state index contributed by atoms with van der Waals surface area (Å²) >= 11 is 0. The Labute approximate surface area is 304 Å². The van der Waals surface area contributed by atoms with Crippen LogP contribution in [0.3, 0.4) is 0 Å². The molecule has 7 heteroatoms. The van der Waals surface area contributed by atoms with Crippen molar-refractivity contribution in [3.8, 4) is 0 Å². The molecular formula is C40H76O6Zn. The number of aliphatic carboxylic acids is 3. The molecule has 0 rings (SSSR count). The first-order chi connectivity index (χ1) is 22.2. The first-order valence-electron chi connectivity index (χ1n) is 19.5. The average Bonchev–Trinajstić information content (AvgIpc) is 3.01. The topological polar surface area (TPSA) is 118 Å². The van der Waals surface area contributed by atoms with Gasteiger partial charge in [-0.2, -0.15) is 0 Å². The van der Waals surface area contributed by atoms with Crippen LogP contribution in [0, 0.1) is 0 Å². The third-order valence-corrected chi connectivity index (χ3v) is 8.33. The van der Waals surface area contributed by atoms with E-state index in [-0.39, 0.29) is 37.9 Å². The minimum absolute atomic E-state index is 0. The van der Waals surface area contributed by atoms with Crippen LogP contribution in [0.4, 0.5) is 0 Å². The second kappa shape index (κ2) is 46.9. The molecule has 0 aliphatic rings. The Kier molecular flexibility index (Phi) is 52.5. The van der Waals surface area contributed by atoms with Crippen molar-refractivity contribution in [3.05, 3.63) is 12.2 Å². The number of rotatable bonds is 33. The molecule has 0 aromatic carbocycles. The fourth-order valence-corrected chi connectivity index (χ4v) is 5.28. The zero-order valence-corrected chi connectivity index (χ0v) is 34.5. The summed E-state index contributed by atoms with van der Waals surface area (Å²) in [7, 11) is 0. The van der Waals surface area contributed by atoms with E-state index in [0.29, 0.717) is 0 Å². The van der Waals surface area contributed by atoms with Crippen molar-refractivity contribution in [3.63, 3.8) is 0 Å². The van der Waals surface area contributed by atoms with E-state index in [1.54, 1.807) is 0 Å². The Morgan fingerprint density at radius 3 is 0.702 bits per heavy atom. The van der Waals surface area contributed by atoms with Gasteiger partial charge in [-0.15, -0.1) is 0 Å². The van der Waals surface area contributed by atoms with Gasteiger partial charge in [-0.3, -0.25) is 0 Å². The zero-order chi connectivity index (χ0) is 34.9. The van der Waals surface area contributed by atoms with Crippen LogP contribution in [0.15, 0.2) is 12.2 Å². The SMILES string of the molecule is C=C(C)C(=O)O.CCCCCCCCCCCCCCCCCC(=O)[O-].CCCCCCCCCCCCCCCCCC(=O)[O-].[Zn+2]. The largest absolute Gasteiger partial charge is 2.00 e. The smallest absolute Gasteiger partial charge is 0.550 e. The van der Waals surface area contributed by atoms with Crippen molar-refractivity contribution in [2.75, 3.05) is 0 Å². The van der Waals surface area contributed by atoms with Crippen LogP contribution >= 0.6 is 0 Å². The van der Waals surface area contributed by atoms with E-state index in [1.165, 1.54) is 174 Å². The molecule has 0 aromatic heterocycles. The molecule has 0 aromatic rings. The first-order valence-corrected chi connectivity index (χ1v) is 19.5. The van der Waals surface area contributed by atoms with Gasteiger partial charge in [-0.1, -0.05) is 200 Å². The van der Waals surface area contributed by atoms with Gasteiger partial charge in [0.1, 0.15) is 0 Å². The van der Waals surface area contributed by atoms with E-state index in [4.69, 9.17) is 5.11 Å². The molecule has 0 atom stereocenters. The van der Waals surface area contributed by atoms with Gasteiger partial charge in [-0.25, -0.2) is 4.79 Å². The van der Waals surface area contributed by atoms with E-state index in [0.717, 1.165) is 25.7 Å². The maximum atomic E-state index is 10.2. The van der Waals surface area contributed by atoms with E-state index >= 15 is 0 Å². The van der Waals surface area contributed by atoms with Crippen LogP contribution in [0.25, 0.3) is 0 Å². The molecule has 0 aliphatic heterocycles. The van der Waals surface area contributed by atoms with Gasteiger partial charge in [-0.05, 0) is 32.6 Å². The van der Waals surface area contributed by atoms with E-state index in [1.807, 2.05) is 0 Å². The molecule has 0 spiro atoms. The van der Waals surface area contributed by atoms with Crippen molar-refractivity contribution < 1.29 is 49.2 Å². The molecule has 0 saturated heterocycles. The molecule has 6 nitrogen and oxygen atoms in total. The molecule has 0 aliphatic carbocycles. The third-order valence-electron chi connectivity index (χ3n) is 8.33. The maximum absolute atomic E-state index is 10.2. The number of hydrogen-bond donors (Lipinski definition) is 1. The van der Waals surface area contributed by atoms with Crippen LogP contribution in [0.5, 0.6) is 0 Å². The summed E-state index contributed by atoms with van der Waals surface area (Å²) in [6.07, 6.45) is 39.7. The summed E-state index contributed by atoms with van der Waals surface area (Å²) in [6.45, 7) is 9.14. The van der Waals surface area contributed by atoms with Gasteiger partial charge >= 0.3 is 25.4 Å². The van der Waals surface area contributed by atoms with E-state index in [2.05, 4.69) is 20.4 Å². The molecule has 1 N–H and O–H groups in total. The Balaban J connectivity index is -0.000000329. The molecule has 0 unspecified atom stereocenters. The van der Waals surface area contributed by atoms with Gasteiger partial charge in [0.15, 0.2) is 0 Å². The molecule has 274 valence electrons. The molecule has 0 saturated carbocycles. The molecular weight excluding hydrogens is 642 g/mol. The molecule has 0 fully saturated rings. The number of carboxylic acid groups (broad SMARTS) is 3. The van der Waals surface area contributed by atoms with Crippen molar-refractivity contribution in [1.82, 2.24) is 0 Å². The van der Waals surface area contributed by atoms with Crippen LogP contribution in [-0.2, 0) is 33.9 Å². The normalized spacial score (nSPS) is 10.2. The van der Waals surface area contributed by atoms with E-state index in [9.17, 15) is 24.6 Å². The average molecular weight is 718 g/mol. The second-order valence-corrected chi connectivity index (χ2v) is 13.2. The van der Waals surface area contributed by atoms with Crippen LogP contribution in [0.1, 0.15) is 226 Å². The van der Waals surface area contributed by atoms with Gasteiger partial charge in [0.25, 0.3) is 0 Å². The zero-order valence-electron chi connectivity index (χ0n) is 31.5. The quantitative estimate of drug-likeness (QED) is 0.0410.